The molecular formula is C12H14FNO3. The highest BCUT2D eigenvalue weighted by Gasteiger charge is 2.12. The van der Waals surface area contributed by atoms with Crippen molar-refractivity contribution in [2.24, 2.45) is 4.99 Å². The number of carbonyl (C=O) groups excluding carboxylic acids is 1. The molecule has 0 atom stereocenters. The van der Waals surface area contributed by atoms with Crippen molar-refractivity contribution in [3.63, 3.8) is 0 Å². The highest BCUT2D eigenvalue weighted by Crippen LogP contribution is 2.31. The SMILES string of the molecule is COc1cc(F)c(CN=C=O)cc1OC(C)C. The molecule has 0 amide bonds. The molecule has 4 nitrogen and oxygen atoms in total. The van der Waals surface area contributed by atoms with Crippen LogP contribution in [-0.4, -0.2) is 19.3 Å². The fourth-order valence-electron chi connectivity index (χ4n) is 1.32. The molecule has 0 aliphatic heterocycles. The lowest BCUT2D eigenvalue weighted by molar-refractivity contribution is 0.229. The first kappa shape index (κ1) is 13.2. The Hall–Kier alpha value is -1.87. The van der Waals surface area contributed by atoms with Gasteiger partial charge < -0.3 is 9.47 Å². The third-order valence-electron chi connectivity index (χ3n) is 2.01. The van der Waals surface area contributed by atoms with E-state index in [2.05, 4.69) is 4.99 Å². The normalized spacial score (nSPS) is 9.94. The number of benzene rings is 1. The second-order valence-corrected chi connectivity index (χ2v) is 3.67. The van der Waals surface area contributed by atoms with Crippen molar-refractivity contribution in [1.29, 1.82) is 0 Å². The van der Waals surface area contributed by atoms with Crippen molar-refractivity contribution in [3.05, 3.63) is 23.5 Å². The maximum absolute atomic E-state index is 13.6. The smallest absolute Gasteiger partial charge is 0.235 e. The number of ether oxygens (including phenoxy) is 2. The molecule has 0 radical (unpaired) electrons. The minimum atomic E-state index is -0.489. The third kappa shape index (κ3) is 3.57. The van der Waals surface area contributed by atoms with Crippen molar-refractivity contribution in [3.8, 4) is 11.5 Å². The molecule has 17 heavy (non-hydrogen) atoms. The van der Waals surface area contributed by atoms with Gasteiger partial charge in [-0.05, 0) is 19.9 Å². The van der Waals surface area contributed by atoms with Crippen molar-refractivity contribution in [2.75, 3.05) is 7.11 Å². The summed E-state index contributed by atoms with van der Waals surface area (Å²) in [5.41, 5.74) is 0.268. The Kier molecular flexibility index (Phi) is 4.67. The van der Waals surface area contributed by atoms with Crippen molar-refractivity contribution >= 4 is 6.08 Å². The summed E-state index contributed by atoms with van der Waals surface area (Å²) < 4.78 is 24.0. The van der Waals surface area contributed by atoms with Gasteiger partial charge in [0.25, 0.3) is 0 Å². The molecule has 0 spiro atoms. The molecule has 0 saturated heterocycles. The van der Waals surface area contributed by atoms with E-state index >= 15 is 0 Å². The van der Waals surface area contributed by atoms with Gasteiger partial charge in [-0.1, -0.05) is 0 Å². The lowest BCUT2D eigenvalue weighted by Crippen LogP contribution is -2.07. The van der Waals surface area contributed by atoms with Crippen LogP contribution in [0.1, 0.15) is 19.4 Å². The standard InChI is InChI=1S/C12H14FNO3/c1-8(2)17-12-4-9(6-14-7-15)10(13)5-11(12)16-3/h4-5,8H,6H2,1-3H3. The Balaban J connectivity index is 3.12. The number of hydrogen-bond donors (Lipinski definition) is 0. The van der Waals surface area contributed by atoms with E-state index in [0.29, 0.717) is 11.5 Å². The predicted octanol–water partition coefficient (Wildman–Crippen LogP) is 2.46. The highest BCUT2D eigenvalue weighted by atomic mass is 19.1. The predicted molar refractivity (Wildman–Crippen MR) is 60.5 cm³/mol. The molecule has 1 aromatic carbocycles. The van der Waals surface area contributed by atoms with Crippen molar-refractivity contribution < 1.29 is 18.7 Å². The first-order valence-electron chi connectivity index (χ1n) is 5.15. The Morgan fingerprint density at radius 1 is 1.41 bits per heavy atom. The second kappa shape index (κ2) is 6.01. The fourth-order valence-corrected chi connectivity index (χ4v) is 1.32. The Labute approximate surface area is 99.1 Å². The minimum Gasteiger partial charge on any atom is -0.493 e. The van der Waals surface area contributed by atoms with Crippen LogP contribution < -0.4 is 9.47 Å². The van der Waals surface area contributed by atoms with E-state index in [1.807, 2.05) is 13.8 Å². The summed E-state index contributed by atoms with van der Waals surface area (Å²) in [6.45, 7) is 3.64. The van der Waals surface area contributed by atoms with Gasteiger partial charge >= 0.3 is 0 Å². The van der Waals surface area contributed by atoms with Crippen LogP contribution in [0, 0.1) is 5.82 Å². The van der Waals surface area contributed by atoms with Crippen LogP contribution in [0.2, 0.25) is 0 Å². The minimum absolute atomic E-state index is 0.0585. The zero-order valence-corrected chi connectivity index (χ0v) is 9.99. The highest BCUT2D eigenvalue weighted by molar-refractivity contribution is 5.44. The van der Waals surface area contributed by atoms with E-state index in [0.717, 1.165) is 0 Å². The number of halogens is 1. The van der Waals surface area contributed by atoms with Crippen LogP contribution in [-0.2, 0) is 11.3 Å². The van der Waals surface area contributed by atoms with Crippen LogP contribution in [0.5, 0.6) is 11.5 Å². The van der Waals surface area contributed by atoms with Gasteiger partial charge in [-0.2, -0.15) is 0 Å². The van der Waals surface area contributed by atoms with E-state index in [4.69, 9.17) is 9.47 Å². The third-order valence-corrected chi connectivity index (χ3v) is 2.01. The summed E-state index contributed by atoms with van der Waals surface area (Å²) in [7, 11) is 1.44. The lowest BCUT2D eigenvalue weighted by Gasteiger charge is -2.14. The van der Waals surface area contributed by atoms with E-state index in [1.165, 1.54) is 25.3 Å². The summed E-state index contributed by atoms with van der Waals surface area (Å²) in [5.74, 6) is 0.256. The van der Waals surface area contributed by atoms with E-state index in [1.54, 1.807) is 0 Å². The molecule has 1 rings (SSSR count). The van der Waals surface area contributed by atoms with Gasteiger partial charge in [-0.15, -0.1) is 0 Å². The molecule has 0 heterocycles. The Bertz CT molecular complexity index is 440. The summed E-state index contributed by atoms with van der Waals surface area (Å²) in [4.78, 5) is 13.3. The number of isocyanates is 1. The number of methoxy groups -OCH3 is 1. The van der Waals surface area contributed by atoms with Crippen molar-refractivity contribution in [1.82, 2.24) is 0 Å². The maximum atomic E-state index is 13.6. The van der Waals surface area contributed by atoms with Gasteiger partial charge in [-0.25, -0.2) is 14.2 Å². The van der Waals surface area contributed by atoms with Crippen LogP contribution in [0.15, 0.2) is 17.1 Å². The molecule has 1 aromatic rings. The molecular weight excluding hydrogens is 225 g/mol. The van der Waals surface area contributed by atoms with Gasteiger partial charge in [0.1, 0.15) is 5.82 Å². The lowest BCUT2D eigenvalue weighted by atomic mass is 10.2. The molecule has 0 bridgehead atoms. The summed E-state index contributed by atoms with van der Waals surface area (Å²) in [6.07, 6.45) is 1.31. The summed E-state index contributed by atoms with van der Waals surface area (Å²) in [6, 6.07) is 2.70. The van der Waals surface area contributed by atoms with Crippen LogP contribution in [0.3, 0.4) is 0 Å². The van der Waals surface area contributed by atoms with Gasteiger partial charge in [0.15, 0.2) is 11.5 Å². The van der Waals surface area contributed by atoms with Gasteiger partial charge in [0.2, 0.25) is 6.08 Å². The number of nitrogens with zero attached hydrogens (tertiary/aromatic N) is 1. The van der Waals surface area contributed by atoms with Crippen LogP contribution in [0.4, 0.5) is 4.39 Å². The Morgan fingerprint density at radius 3 is 2.65 bits per heavy atom. The molecule has 0 N–H and O–H groups in total. The number of hydrogen-bond acceptors (Lipinski definition) is 4. The monoisotopic (exact) mass is 239 g/mol. The quantitative estimate of drug-likeness (QED) is 0.585. The average Bonchev–Trinajstić information content (AvgIpc) is 2.28. The molecule has 92 valence electrons. The largest absolute Gasteiger partial charge is 0.493 e. The zero-order valence-electron chi connectivity index (χ0n) is 9.99. The average molecular weight is 239 g/mol. The molecule has 0 fully saturated rings. The van der Waals surface area contributed by atoms with Crippen LogP contribution in [0.25, 0.3) is 0 Å². The molecule has 0 saturated carbocycles. The van der Waals surface area contributed by atoms with E-state index < -0.39 is 5.82 Å². The molecule has 0 aliphatic carbocycles. The second-order valence-electron chi connectivity index (χ2n) is 3.67. The van der Waals surface area contributed by atoms with Crippen molar-refractivity contribution in [2.45, 2.75) is 26.5 Å². The Morgan fingerprint density at radius 2 is 2.12 bits per heavy atom. The summed E-state index contributed by atoms with van der Waals surface area (Å²) in [5, 5.41) is 0. The first-order valence-corrected chi connectivity index (χ1v) is 5.15. The summed E-state index contributed by atoms with van der Waals surface area (Å²) >= 11 is 0. The molecule has 0 unspecified atom stereocenters. The number of aliphatic imine (C=N–C) groups is 1. The first-order chi connectivity index (χ1) is 8.08. The number of rotatable bonds is 5. The molecule has 5 heteroatoms. The van der Waals surface area contributed by atoms with E-state index in [9.17, 15) is 9.18 Å². The fraction of sp³-hybridized carbons (Fsp3) is 0.417. The maximum Gasteiger partial charge on any atom is 0.235 e. The molecule has 0 aliphatic rings. The molecule has 0 aromatic heterocycles. The zero-order chi connectivity index (χ0) is 12.8. The van der Waals surface area contributed by atoms with Gasteiger partial charge in [0, 0.05) is 11.6 Å². The van der Waals surface area contributed by atoms with Gasteiger partial charge in [-0.3, -0.25) is 0 Å². The van der Waals surface area contributed by atoms with E-state index in [-0.39, 0.29) is 18.2 Å². The van der Waals surface area contributed by atoms with Crippen LogP contribution >= 0.6 is 0 Å². The topological polar surface area (TPSA) is 47.9 Å². The van der Waals surface area contributed by atoms with Gasteiger partial charge in [0.05, 0.1) is 19.8 Å².